The number of anilines is 1. The summed E-state index contributed by atoms with van der Waals surface area (Å²) in [6.07, 6.45) is 3.12. The first-order chi connectivity index (χ1) is 6.31. The molecule has 3 heteroatoms. The first-order valence-electron chi connectivity index (χ1n) is 4.48. The summed E-state index contributed by atoms with van der Waals surface area (Å²) >= 11 is 1.76. The highest BCUT2D eigenvalue weighted by atomic mass is 32.2. The maximum atomic E-state index is 5.99. The quantitative estimate of drug-likeness (QED) is 0.673. The molecule has 0 amide bonds. The van der Waals surface area contributed by atoms with E-state index in [1.54, 1.807) is 11.8 Å². The van der Waals surface area contributed by atoms with Gasteiger partial charge in [-0.3, -0.25) is 0 Å². The Kier molecular flexibility index (Phi) is 2.47. The number of fused-ring (bicyclic) bond motifs is 1. The predicted octanol–water partition coefficient (Wildman–Crippen LogP) is 2.22. The van der Waals surface area contributed by atoms with Crippen molar-refractivity contribution in [3.63, 3.8) is 0 Å². The van der Waals surface area contributed by atoms with E-state index in [1.807, 2.05) is 0 Å². The maximum Gasteiger partial charge on any atom is 0.0399 e. The lowest BCUT2D eigenvalue weighted by Gasteiger charge is -2.24. The number of hydrogen-bond donors (Lipinski definition) is 2. The van der Waals surface area contributed by atoms with Crippen LogP contribution in [0.4, 0.5) is 5.69 Å². The molecule has 0 aliphatic carbocycles. The Bertz CT molecular complexity index is 312. The van der Waals surface area contributed by atoms with Gasteiger partial charge in [0, 0.05) is 23.2 Å². The fourth-order valence-corrected chi connectivity index (χ4v) is 2.10. The molecule has 0 saturated heterocycles. The number of hydrogen-bond acceptors (Lipinski definition) is 3. The van der Waals surface area contributed by atoms with Gasteiger partial charge in [-0.2, -0.15) is 0 Å². The van der Waals surface area contributed by atoms with Crippen molar-refractivity contribution in [2.24, 2.45) is 5.73 Å². The molecule has 1 aromatic rings. The van der Waals surface area contributed by atoms with Gasteiger partial charge in [0.2, 0.25) is 0 Å². The van der Waals surface area contributed by atoms with Gasteiger partial charge in [-0.05, 0) is 30.4 Å². The van der Waals surface area contributed by atoms with E-state index in [0.29, 0.717) is 0 Å². The third-order valence-electron chi connectivity index (χ3n) is 2.43. The normalized spacial score (nSPS) is 20.6. The minimum absolute atomic E-state index is 0.215. The molecule has 1 heterocycles. The van der Waals surface area contributed by atoms with Gasteiger partial charge < -0.3 is 11.1 Å². The van der Waals surface area contributed by atoms with Crippen molar-refractivity contribution < 1.29 is 0 Å². The van der Waals surface area contributed by atoms with E-state index in [0.717, 1.165) is 13.0 Å². The minimum atomic E-state index is 0.215. The molecule has 0 radical (unpaired) electrons. The van der Waals surface area contributed by atoms with Crippen molar-refractivity contribution >= 4 is 17.4 Å². The van der Waals surface area contributed by atoms with Gasteiger partial charge >= 0.3 is 0 Å². The second kappa shape index (κ2) is 3.60. The van der Waals surface area contributed by atoms with Crippen LogP contribution in [0.2, 0.25) is 0 Å². The summed E-state index contributed by atoms with van der Waals surface area (Å²) in [6.45, 7) is 0.992. The topological polar surface area (TPSA) is 38.0 Å². The van der Waals surface area contributed by atoms with Crippen molar-refractivity contribution in [2.75, 3.05) is 18.1 Å². The maximum absolute atomic E-state index is 5.99. The van der Waals surface area contributed by atoms with Crippen LogP contribution >= 0.6 is 11.8 Å². The number of nitrogens with one attached hydrogen (secondary N) is 1. The van der Waals surface area contributed by atoms with Crippen molar-refractivity contribution in [1.82, 2.24) is 0 Å². The summed E-state index contributed by atoms with van der Waals surface area (Å²) < 4.78 is 0. The van der Waals surface area contributed by atoms with Gasteiger partial charge in [0.25, 0.3) is 0 Å². The summed E-state index contributed by atoms with van der Waals surface area (Å²) in [6, 6.07) is 6.67. The molecule has 0 spiro atoms. The molecule has 0 saturated carbocycles. The molecule has 0 aromatic heterocycles. The van der Waals surface area contributed by atoms with E-state index < -0.39 is 0 Å². The van der Waals surface area contributed by atoms with Gasteiger partial charge in [0.1, 0.15) is 0 Å². The first kappa shape index (κ1) is 8.91. The van der Waals surface area contributed by atoms with Crippen molar-refractivity contribution in [1.29, 1.82) is 0 Å². The fourth-order valence-electron chi connectivity index (χ4n) is 1.66. The molecule has 13 heavy (non-hydrogen) atoms. The Hall–Kier alpha value is -0.670. The number of rotatable bonds is 1. The molecule has 1 aliphatic heterocycles. The highest BCUT2D eigenvalue weighted by Gasteiger charge is 2.15. The molecule has 3 N–H and O–H groups in total. The predicted molar refractivity (Wildman–Crippen MR) is 58.3 cm³/mol. The zero-order valence-corrected chi connectivity index (χ0v) is 8.53. The van der Waals surface area contributed by atoms with E-state index >= 15 is 0 Å². The Morgan fingerprint density at radius 3 is 3.15 bits per heavy atom. The van der Waals surface area contributed by atoms with Crippen LogP contribution in [0.3, 0.4) is 0 Å². The van der Waals surface area contributed by atoms with Crippen LogP contribution in [-0.4, -0.2) is 12.8 Å². The monoisotopic (exact) mass is 194 g/mol. The van der Waals surface area contributed by atoms with E-state index in [-0.39, 0.29) is 6.04 Å². The van der Waals surface area contributed by atoms with Crippen LogP contribution in [0.5, 0.6) is 0 Å². The van der Waals surface area contributed by atoms with Gasteiger partial charge in [-0.25, -0.2) is 0 Å². The lowest BCUT2D eigenvalue weighted by atomic mass is 9.99. The summed E-state index contributed by atoms with van der Waals surface area (Å²) in [5.74, 6) is 0. The molecular formula is C10H14N2S. The number of nitrogens with two attached hydrogens (primary N) is 1. The van der Waals surface area contributed by atoms with Crippen molar-refractivity contribution in [3.05, 3.63) is 23.8 Å². The lowest BCUT2D eigenvalue weighted by Crippen LogP contribution is -2.22. The molecule has 0 fully saturated rings. The van der Waals surface area contributed by atoms with E-state index in [2.05, 4.69) is 29.8 Å². The van der Waals surface area contributed by atoms with Crippen molar-refractivity contribution in [2.45, 2.75) is 17.4 Å². The SMILES string of the molecule is CSc1ccc2c(c1)NCCC2N. The Balaban J connectivity index is 2.39. The summed E-state index contributed by atoms with van der Waals surface area (Å²) in [5, 5.41) is 3.37. The van der Waals surface area contributed by atoms with Crippen LogP contribution < -0.4 is 11.1 Å². The number of benzene rings is 1. The molecular weight excluding hydrogens is 180 g/mol. The molecule has 70 valence electrons. The van der Waals surface area contributed by atoms with E-state index in [9.17, 15) is 0 Å². The average Bonchev–Trinajstić information content (AvgIpc) is 2.18. The van der Waals surface area contributed by atoms with E-state index in [1.165, 1.54) is 16.1 Å². The summed E-state index contributed by atoms with van der Waals surface area (Å²) in [5.41, 5.74) is 8.46. The molecule has 1 unspecified atom stereocenters. The Morgan fingerprint density at radius 2 is 2.38 bits per heavy atom. The smallest absolute Gasteiger partial charge is 0.0399 e. The molecule has 1 atom stereocenters. The van der Waals surface area contributed by atoms with Crippen molar-refractivity contribution in [3.8, 4) is 0 Å². The average molecular weight is 194 g/mol. The Labute approximate surface area is 82.9 Å². The standard InChI is InChI=1S/C10H14N2S/c1-13-7-2-3-8-9(11)4-5-12-10(8)6-7/h2-3,6,9,12H,4-5,11H2,1H3. The lowest BCUT2D eigenvalue weighted by molar-refractivity contribution is 0.654. The molecule has 1 aromatic carbocycles. The van der Waals surface area contributed by atoms with Gasteiger partial charge in [-0.1, -0.05) is 6.07 Å². The van der Waals surface area contributed by atoms with Gasteiger partial charge in [0.05, 0.1) is 0 Å². The zero-order chi connectivity index (χ0) is 9.26. The summed E-state index contributed by atoms with van der Waals surface area (Å²) in [7, 11) is 0. The minimum Gasteiger partial charge on any atom is -0.385 e. The molecule has 2 rings (SSSR count). The van der Waals surface area contributed by atoms with Crippen LogP contribution in [0.15, 0.2) is 23.1 Å². The van der Waals surface area contributed by atoms with Gasteiger partial charge in [0.15, 0.2) is 0 Å². The highest BCUT2D eigenvalue weighted by Crippen LogP contribution is 2.31. The van der Waals surface area contributed by atoms with Crippen LogP contribution in [0.25, 0.3) is 0 Å². The van der Waals surface area contributed by atoms with Crippen LogP contribution in [0, 0.1) is 0 Å². The third kappa shape index (κ3) is 1.67. The van der Waals surface area contributed by atoms with E-state index in [4.69, 9.17) is 5.73 Å². The highest BCUT2D eigenvalue weighted by molar-refractivity contribution is 7.98. The molecule has 2 nitrogen and oxygen atoms in total. The zero-order valence-electron chi connectivity index (χ0n) is 7.71. The largest absolute Gasteiger partial charge is 0.385 e. The van der Waals surface area contributed by atoms with Crippen LogP contribution in [0.1, 0.15) is 18.0 Å². The summed E-state index contributed by atoms with van der Waals surface area (Å²) in [4.78, 5) is 1.29. The molecule has 0 bridgehead atoms. The second-order valence-corrected chi connectivity index (χ2v) is 4.15. The van der Waals surface area contributed by atoms with Crippen LogP contribution in [-0.2, 0) is 0 Å². The number of thioether (sulfide) groups is 1. The second-order valence-electron chi connectivity index (χ2n) is 3.28. The van der Waals surface area contributed by atoms with Gasteiger partial charge in [-0.15, -0.1) is 11.8 Å². The molecule has 1 aliphatic rings. The third-order valence-corrected chi connectivity index (χ3v) is 3.16. The fraction of sp³-hybridized carbons (Fsp3) is 0.400. The first-order valence-corrected chi connectivity index (χ1v) is 5.71. The Morgan fingerprint density at radius 1 is 1.54 bits per heavy atom.